The number of amides is 1. The largest absolute Gasteiger partial charge is 0.465 e. The summed E-state index contributed by atoms with van der Waals surface area (Å²) in [6.45, 7) is 6.61. The van der Waals surface area contributed by atoms with E-state index in [1.807, 2.05) is 49.4 Å². The number of nitrogens with zero attached hydrogens (tertiary/aromatic N) is 1. The molecule has 6 N–H and O–H groups in total. The van der Waals surface area contributed by atoms with E-state index in [4.69, 9.17) is 15.1 Å². The molecule has 232 valence electrons. The summed E-state index contributed by atoms with van der Waals surface area (Å²) in [5.74, 6) is -0.152. The van der Waals surface area contributed by atoms with E-state index < -0.39 is 17.6 Å². The van der Waals surface area contributed by atoms with Crippen LogP contribution in [0.25, 0.3) is 11.0 Å². The number of imidazole rings is 1. The maximum absolute atomic E-state index is 13.8. The van der Waals surface area contributed by atoms with Crippen LogP contribution in [0.15, 0.2) is 78.9 Å². The van der Waals surface area contributed by atoms with Crippen molar-refractivity contribution in [2.75, 3.05) is 25.0 Å². The highest BCUT2D eigenvalue weighted by atomic mass is 16.5. The second kappa shape index (κ2) is 13.7. The van der Waals surface area contributed by atoms with Gasteiger partial charge in [0.05, 0.1) is 36.8 Å². The Morgan fingerprint density at radius 3 is 2.49 bits per heavy atom. The summed E-state index contributed by atoms with van der Waals surface area (Å²) in [6.07, 6.45) is 3.76. The maximum Gasteiger partial charge on any atom is 0.319 e. The molecule has 1 aliphatic heterocycles. The van der Waals surface area contributed by atoms with Gasteiger partial charge in [-0.05, 0) is 74.4 Å². The van der Waals surface area contributed by atoms with Crippen molar-refractivity contribution in [1.82, 2.24) is 25.9 Å². The van der Waals surface area contributed by atoms with Gasteiger partial charge in [0, 0.05) is 23.4 Å². The third-order valence-corrected chi connectivity index (χ3v) is 7.85. The molecule has 5 rings (SSSR count). The molecule has 0 bridgehead atoms. The number of amidine groups is 1. The lowest BCUT2D eigenvalue weighted by atomic mass is 9.81. The van der Waals surface area contributed by atoms with Crippen molar-refractivity contribution in [3.63, 3.8) is 0 Å². The Labute approximate surface area is 261 Å². The quantitative estimate of drug-likeness (QED) is 0.0615. The van der Waals surface area contributed by atoms with E-state index >= 15 is 0 Å². The fourth-order valence-corrected chi connectivity index (χ4v) is 5.41. The number of rotatable bonds is 12. The minimum Gasteiger partial charge on any atom is -0.465 e. The number of ether oxygens (including phenoxy) is 1. The molecule has 11 heteroatoms. The fraction of sp³-hybridized carbons (Fsp3) is 0.265. The van der Waals surface area contributed by atoms with Crippen LogP contribution in [0.2, 0.25) is 0 Å². The topological polar surface area (TPSA) is 161 Å². The molecule has 3 aromatic carbocycles. The number of aromatic amines is 1. The van der Waals surface area contributed by atoms with E-state index in [1.54, 1.807) is 50.2 Å². The predicted octanol–water partition coefficient (Wildman–Crippen LogP) is 3.70. The molecular weight excluding hydrogens is 570 g/mol. The van der Waals surface area contributed by atoms with Crippen LogP contribution in [-0.2, 0) is 26.4 Å². The van der Waals surface area contributed by atoms with Gasteiger partial charge in [0.25, 0.3) is 5.91 Å². The molecule has 45 heavy (non-hydrogen) atoms. The first kappa shape index (κ1) is 31.3. The summed E-state index contributed by atoms with van der Waals surface area (Å²) in [4.78, 5) is 46.6. The molecule has 0 fully saturated rings. The van der Waals surface area contributed by atoms with E-state index in [-0.39, 0.29) is 30.7 Å². The maximum atomic E-state index is 13.8. The molecule has 1 unspecified atom stereocenters. The van der Waals surface area contributed by atoms with E-state index in [2.05, 4.69) is 26.3 Å². The average Bonchev–Trinajstić information content (AvgIpc) is 3.74. The highest BCUT2D eigenvalue weighted by Gasteiger charge is 2.40. The first-order chi connectivity index (χ1) is 21.7. The monoisotopic (exact) mass is 607 g/mol. The van der Waals surface area contributed by atoms with E-state index in [9.17, 15) is 14.4 Å². The molecule has 11 nitrogen and oxygen atoms in total. The summed E-state index contributed by atoms with van der Waals surface area (Å²) in [7, 11) is 0. The van der Waals surface area contributed by atoms with Crippen LogP contribution in [0.3, 0.4) is 0 Å². The average molecular weight is 608 g/mol. The van der Waals surface area contributed by atoms with E-state index in [0.29, 0.717) is 30.0 Å². The smallest absolute Gasteiger partial charge is 0.319 e. The van der Waals surface area contributed by atoms with Crippen LogP contribution < -0.4 is 21.3 Å². The number of carbonyl (C=O) groups excluding carboxylic acids is 3. The standard InChI is InChI=1S/C34H37N7O4/c1-4-45-29(42)20-38-34(3,31(43)27-11-8-18-36-27)25-16-17-26-30(21(25)2)40-28(39-26)19-37-24-14-12-22(13-15-24)32(35)41-33(44)23-9-6-5-7-10-23/h5-17,27,36-38H,4,18-20H2,1-3H3,(H,39,40)(H2,35,41,44)/t27?,34-/m1/s1. The third-order valence-electron chi connectivity index (χ3n) is 7.85. The first-order valence-corrected chi connectivity index (χ1v) is 14.8. The van der Waals surface area contributed by atoms with Crippen LogP contribution in [0.1, 0.15) is 46.7 Å². The summed E-state index contributed by atoms with van der Waals surface area (Å²) < 4.78 is 5.10. The van der Waals surface area contributed by atoms with Gasteiger partial charge in [0.15, 0.2) is 5.78 Å². The number of anilines is 1. The number of hydrogen-bond donors (Lipinski definition) is 6. The van der Waals surface area contributed by atoms with Crippen molar-refractivity contribution in [3.05, 3.63) is 107 Å². The van der Waals surface area contributed by atoms with Crippen molar-refractivity contribution < 1.29 is 19.1 Å². The minimum atomic E-state index is -1.18. The highest BCUT2D eigenvalue weighted by Crippen LogP contribution is 2.31. The van der Waals surface area contributed by atoms with E-state index in [0.717, 1.165) is 27.8 Å². The Morgan fingerprint density at radius 1 is 1.04 bits per heavy atom. The second-order valence-corrected chi connectivity index (χ2v) is 10.9. The van der Waals surface area contributed by atoms with Crippen molar-refractivity contribution >= 4 is 40.2 Å². The van der Waals surface area contributed by atoms with Crippen LogP contribution >= 0.6 is 0 Å². The number of ketones is 1. The molecule has 1 aliphatic rings. The van der Waals surface area contributed by atoms with Gasteiger partial charge in [0.1, 0.15) is 17.2 Å². The molecular formula is C34H37N7O4. The van der Waals surface area contributed by atoms with Crippen molar-refractivity contribution in [2.24, 2.45) is 0 Å². The molecule has 1 amide bonds. The number of fused-ring (bicyclic) bond motifs is 1. The van der Waals surface area contributed by atoms with Gasteiger partial charge < -0.3 is 25.7 Å². The number of carbonyl (C=O) groups is 3. The number of aromatic nitrogens is 2. The van der Waals surface area contributed by atoms with Gasteiger partial charge in [0.2, 0.25) is 0 Å². The zero-order chi connectivity index (χ0) is 32.0. The zero-order valence-electron chi connectivity index (χ0n) is 25.5. The molecule has 0 spiro atoms. The molecule has 0 saturated carbocycles. The molecule has 0 radical (unpaired) electrons. The van der Waals surface area contributed by atoms with Gasteiger partial charge in [-0.2, -0.15) is 0 Å². The van der Waals surface area contributed by atoms with Crippen molar-refractivity contribution in [1.29, 1.82) is 5.41 Å². The summed E-state index contributed by atoms with van der Waals surface area (Å²) in [6, 6.07) is 19.3. The van der Waals surface area contributed by atoms with Gasteiger partial charge in [-0.1, -0.05) is 36.4 Å². The second-order valence-electron chi connectivity index (χ2n) is 10.9. The van der Waals surface area contributed by atoms with Crippen LogP contribution in [0.4, 0.5) is 5.69 Å². The molecule has 0 saturated heterocycles. The first-order valence-electron chi connectivity index (χ1n) is 14.8. The Kier molecular flexibility index (Phi) is 9.50. The molecule has 1 aromatic heterocycles. The minimum absolute atomic E-state index is 0.0147. The lowest BCUT2D eigenvalue weighted by Crippen LogP contribution is -2.54. The SMILES string of the molecule is CCOC(=O)CN[C@@](C)(C(=O)C1C=CCN1)c1ccc2[nH]c(CNc3ccc(C(=N)NC(=O)c4ccccc4)cc3)nc2c1C. The van der Waals surface area contributed by atoms with Crippen LogP contribution in [-0.4, -0.2) is 59.2 Å². The Morgan fingerprint density at radius 2 is 1.80 bits per heavy atom. The number of aryl methyl sites for hydroxylation is 1. The predicted molar refractivity (Wildman–Crippen MR) is 173 cm³/mol. The van der Waals surface area contributed by atoms with Gasteiger partial charge in [-0.25, -0.2) is 4.98 Å². The van der Waals surface area contributed by atoms with Crippen LogP contribution in [0.5, 0.6) is 0 Å². The van der Waals surface area contributed by atoms with E-state index in [1.165, 1.54) is 0 Å². The summed E-state index contributed by atoms with van der Waals surface area (Å²) in [5.41, 5.74) is 3.82. The Bertz CT molecular complexity index is 1750. The molecule has 0 aliphatic carbocycles. The fourth-order valence-electron chi connectivity index (χ4n) is 5.41. The van der Waals surface area contributed by atoms with Gasteiger partial charge >= 0.3 is 5.97 Å². The van der Waals surface area contributed by atoms with Gasteiger partial charge in [-0.3, -0.25) is 25.1 Å². The number of esters is 1. The Hall–Kier alpha value is -5.13. The summed E-state index contributed by atoms with van der Waals surface area (Å²) in [5, 5.41) is 20.6. The Balaban J connectivity index is 1.29. The number of nitrogens with one attached hydrogen (secondary N) is 6. The zero-order valence-corrected chi connectivity index (χ0v) is 25.5. The number of benzene rings is 3. The molecule has 2 heterocycles. The normalized spacial score (nSPS) is 15.4. The van der Waals surface area contributed by atoms with Crippen molar-refractivity contribution in [2.45, 2.75) is 38.9 Å². The third kappa shape index (κ3) is 7.00. The lowest BCUT2D eigenvalue weighted by Gasteiger charge is -2.33. The number of Topliss-reactive ketones (excluding diaryl/α,β-unsaturated/α-hetero) is 1. The molecule has 4 aromatic rings. The van der Waals surface area contributed by atoms with Crippen LogP contribution in [0, 0.1) is 12.3 Å². The van der Waals surface area contributed by atoms with Gasteiger partial charge in [-0.15, -0.1) is 0 Å². The summed E-state index contributed by atoms with van der Waals surface area (Å²) >= 11 is 0. The lowest BCUT2D eigenvalue weighted by molar-refractivity contribution is -0.142. The number of hydrogen-bond acceptors (Lipinski definition) is 9. The highest BCUT2D eigenvalue weighted by molar-refractivity contribution is 6.11. The number of H-pyrrole nitrogens is 1. The molecule has 2 atom stereocenters. The van der Waals surface area contributed by atoms with Crippen molar-refractivity contribution in [3.8, 4) is 0 Å².